The van der Waals surface area contributed by atoms with E-state index in [0.717, 1.165) is 24.3 Å². The number of carboxylic acid groups (broad SMARTS) is 1. The molecule has 1 N–H and O–H groups in total. The van der Waals surface area contributed by atoms with E-state index in [1.807, 2.05) is 5.38 Å². The smallest absolute Gasteiger partial charge is 0.320 e. The molecule has 1 aliphatic rings. The van der Waals surface area contributed by atoms with Gasteiger partial charge in [0.2, 0.25) is 0 Å². The topological polar surface area (TPSA) is 50.2 Å². The predicted molar refractivity (Wildman–Crippen MR) is 57.9 cm³/mol. The summed E-state index contributed by atoms with van der Waals surface area (Å²) in [6.45, 7) is 0. The molecule has 0 amide bonds. The number of carbonyl (C=O) groups is 1. The molecule has 2 rings (SSSR count). The average Bonchev–Trinajstić information content (AvgIpc) is 2.76. The SMILES string of the molecule is O=C(O)C1(Cc2cscn2)CCCS1. The first-order valence-corrected chi connectivity index (χ1v) is 6.40. The van der Waals surface area contributed by atoms with Gasteiger partial charge in [0, 0.05) is 11.8 Å². The first-order chi connectivity index (χ1) is 6.73. The van der Waals surface area contributed by atoms with Crippen molar-refractivity contribution in [3.8, 4) is 0 Å². The van der Waals surface area contributed by atoms with Crippen LogP contribution in [0.3, 0.4) is 0 Å². The van der Waals surface area contributed by atoms with Crippen molar-refractivity contribution in [1.29, 1.82) is 0 Å². The Hall–Kier alpha value is -0.550. The maximum absolute atomic E-state index is 11.2. The fourth-order valence-corrected chi connectivity index (χ4v) is 3.60. The minimum Gasteiger partial charge on any atom is -0.480 e. The van der Waals surface area contributed by atoms with E-state index >= 15 is 0 Å². The van der Waals surface area contributed by atoms with Crippen LogP contribution < -0.4 is 0 Å². The van der Waals surface area contributed by atoms with Gasteiger partial charge < -0.3 is 5.11 Å². The van der Waals surface area contributed by atoms with E-state index in [9.17, 15) is 9.90 Å². The zero-order valence-electron chi connectivity index (χ0n) is 7.60. The lowest BCUT2D eigenvalue weighted by atomic mass is 9.98. The summed E-state index contributed by atoms with van der Waals surface area (Å²) in [5, 5.41) is 11.2. The third-order valence-electron chi connectivity index (χ3n) is 2.44. The van der Waals surface area contributed by atoms with Gasteiger partial charge in [0.25, 0.3) is 0 Å². The Morgan fingerprint density at radius 1 is 1.71 bits per heavy atom. The summed E-state index contributed by atoms with van der Waals surface area (Å²) >= 11 is 3.08. The van der Waals surface area contributed by atoms with E-state index in [-0.39, 0.29) is 0 Å². The van der Waals surface area contributed by atoms with Crippen LogP contribution in [0.2, 0.25) is 0 Å². The Morgan fingerprint density at radius 3 is 3.07 bits per heavy atom. The van der Waals surface area contributed by atoms with Gasteiger partial charge in [-0.2, -0.15) is 0 Å². The van der Waals surface area contributed by atoms with Crippen LogP contribution in [0, 0.1) is 0 Å². The second-order valence-corrected chi connectivity index (χ2v) is 5.61. The van der Waals surface area contributed by atoms with Gasteiger partial charge in [-0.05, 0) is 18.6 Å². The van der Waals surface area contributed by atoms with Gasteiger partial charge in [0.15, 0.2) is 0 Å². The molecule has 0 saturated carbocycles. The third-order valence-corrected chi connectivity index (χ3v) is 4.65. The zero-order chi connectivity index (χ0) is 10.0. The lowest BCUT2D eigenvalue weighted by Crippen LogP contribution is -2.34. The lowest BCUT2D eigenvalue weighted by molar-refractivity contribution is -0.139. The van der Waals surface area contributed by atoms with E-state index in [4.69, 9.17) is 0 Å². The number of hydrogen-bond donors (Lipinski definition) is 1. The van der Waals surface area contributed by atoms with Crippen molar-refractivity contribution < 1.29 is 9.90 Å². The molecule has 1 aliphatic heterocycles. The summed E-state index contributed by atoms with van der Waals surface area (Å²) in [5.41, 5.74) is 2.66. The molecule has 1 fully saturated rings. The fraction of sp³-hybridized carbons (Fsp3) is 0.556. The molecular weight excluding hydrogens is 218 g/mol. The highest BCUT2D eigenvalue weighted by Crippen LogP contribution is 2.40. The van der Waals surface area contributed by atoms with Crippen molar-refractivity contribution in [2.24, 2.45) is 0 Å². The fourth-order valence-electron chi connectivity index (χ4n) is 1.70. The number of aliphatic carboxylic acids is 1. The van der Waals surface area contributed by atoms with E-state index < -0.39 is 10.7 Å². The quantitative estimate of drug-likeness (QED) is 0.861. The molecule has 0 aromatic carbocycles. The number of rotatable bonds is 3. The summed E-state index contributed by atoms with van der Waals surface area (Å²) in [4.78, 5) is 15.4. The van der Waals surface area contributed by atoms with Crippen LogP contribution in [0.5, 0.6) is 0 Å². The molecule has 0 bridgehead atoms. The minimum atomic E-state index is -0.687. The number of nitrogens with zero attached hydrogens (tertiary/aromatic N) is 1. The highest BCUT2D eigenvalue weighted by atomic mass is 32.2. The maximum atomic E-state index is 11.2. The molecule has 1 unspecified atom stereocenters. The molecule has 1 aromatic rings. The summed E-state index contributed by atoms with van der Waals surface area (Å²) in [7, 11) is 0. The molecule has 76 valence electrons. The largest absolute Gasteiger partial charge is 0.480 e. The van der Waals surface area contributed by atoms with E-state index in [1.54, 1.807) is 17.3 Å². The Morgan fingerprint density at radius 2 is 2.57 bits per heavy atom. The van der Waals surface area contributed by atoms with E-state index in [2.05, 4.69) is 4.98 Å². The van der Waals surface area contributed by atoms with Gasteiger partial charge in [-0.15, -0.1) is 23.1 Å². The molecule has 3 nitrogen and oxygen atoms in total. The van der Waals surface area contributed by atoms with Crippen molar-refractivity contribution in [2.75, 3.05) is 5.75 Å². The van der Waals surface area contributed by atoms with Crippen LogP contribution >= 0.6 is 23.1 Å². The summed E-state index contributed by atoms with van der Waals surface area (Å²) in [6.07, 6.45) is 2.34. The number of hydrogen-bond acceptors (Lipinski definition) is 4. The number of carboxylic acids is 1. The lowest BCUT2D eigenvalue weighted by Gasteiger charge is -2.21. The summed E-state index contributed by atoms with van der Waals surface area (Å²) in [5.74, 6) is 0.268. The van der Waals surface area contributed by atoms with E-state index in [0.29, 0.717) is 6.42 Å². The second-order valence-electron chi connectivity index (χ2n) is 3.41. The molecule has 5 heteroatoms. The third kappa shape index (κ3) is 1.79. The normalized spacial score (nSPS) is 26.6. The average molecular weight is 229 g/mol. The Bertz CT molecular complexity index is 318. The highest BCUT2D eigenvalue weighted by Gasteiger charge is 2.42. The van der Waals surface area contributed by atoms with Crippen LogP contribution in [0.25, 0.3) is 0 Å². The van der Waals surface area contributed by atoms with Crippen LogP contribution in [0.15, 0.2) is 10.9 Å². The van der Waals surface area contributed by atoms with Crippen molar-refractivity contribution in [1.82, 2.24) is 4.98 Å². The molecule has 2 heterocycles. The standard InChI is InChI=1S/C9H11NO2S2/c11-8(12)9(2-1-3-14-9)4-7-5-13-6-10-7/h5-6H,1-4H2,(H,11,12). The molecule has 0 radical (unpaired) electrons. The van der Waals surface area contributed by atoms with Gasteiger partial charge >= 0.3 is 5.97 Å². The first-order valence-electron chi connectivity index (χ1n) is 4.47. The van der Waals surface area contributed by atoms with Crippen molar-refractivity contribution in [3.05, 3.63) is 16.6 Å². The maximum Gasteiger partial charge on any atom is 0.320 e. The zero-order valence-corrected chi connectivity index (χ0v) is 9.24. The Balaban J connectivity index is 2.16. The van der Waals surface area contributed by atoms with Crippen LogP contribution in [-0.4, -0.2) is 26.6 Å². The Kier molecular flexibility index (Phi) is 2.78. The predicted octanol–water partition coefficient (Wildman–Crippen LogP) is 2.04. The van der Waals surface area contributed by atoms with Gasteiger partial charge in [-0.1, -0.05) is 0 Å². The van der Waals surface area contributed by atoms with Crippen molar-refractivity contribution >= 4 is 29.1 Å². The molecule has 0 spiro atoms. The number of thioether (sulfide) groups is 1. The minimum absolute atomic E-state index is 0.566. The van der Waals surface area contributed by atoms with Crippen LogP contribution in [0.4, 0.5) is 0 Å². The summed E-state index contributed by atoms with van der Waals surface area (Å²) < 4.78 is -0.603. The van der Waals surface area contributed by atoms with Crippen LogP contribution in [0.1, 0.15) is 18.5 Å². The van der Waals surface area contributed by atoms with Crippen molar-refractivity contribution in [3.63, 3.8) is 0 Å². The van der Waals surface area contributed by atoms with Crippen LogP contribution in [-0.2, 0) is 11.2 Å². The molecular formula is C9H11NO2S2. The molecule has 1 atom stereocenters. The highest BCUT2D eigenvalue weighted by molar-refractivity contribution is 8.01. The molecule has 1 aromatic heterocycles. The first kappa shape index (κ1) is 9.98. The van der Waals surface area contributed by atoms with Crippen molar-refractivity contribution in [2.45, 2.75) is 24.0 Å². The molecule has 0 aliphatic carbocycles. The van der Waals surface area contributed by atoms with E-state index in [1.165, 1.54) is 11.3 Å². The summed E-state index contributed by atoms with van der Waals surface area (Å²) in [6, 6.07) is 0. The van der Waals surface area contributed by atoms with Gasteiger partial charge in [-0.25, -0.2) is 4.98 Å². The molecule has 14 heavy (non-hydrogen) atoms. The van der Waals surface area contributed by atoms with Gasteiger partial charge in [-0.3, -0.25) is 4.79 Å². The van der Waals surface area contributed by atoms with Gasteiger partial charge in [0.05, 0.1) is 11.2 Å². The Labute approximate surface area is 90.6 Å². The number of thiazole rings is 1. The second kappa shape index (κ2) is 3.90. The van der Waals surface area contributed by atoms with Gasteiger partial charge in [0.1, 0.15) is 4.75 Å². The molecule has 1 saturated heterocycles. The number of aromatic nitrogens is 1. The monoisotopic (exact) mass is 229 g/mol.